The number of nitrogens with zero attached hydrogens (tertiary/aromatic N) is 4. The van der Waals surface area contributed by atoms with Gasteiger partial charge in [-0.3, -0.25) is 9.88 Å². The second-order valence-corrected chi connectivity index (χ2v) is 9.29. The van der Waals surface area contributed by atoms with Gasteiger partial charge < -0.3 is 9.74 Å². The van der Waals surface area contributed by atoms with E-state index in [1.54, 1.807) is 0 Å². The van der Waals surface area contributed by atoms with Gasteiger partial charge in [0.2, 0.25) is 0 Å². The van der Waals surface area contributed by atoms with Crippen LogP contribution in [0.2, 0.25) is 0 Å². The normalized spacial score (nSPS) is 19.2. The van der Waals surface area contributed by atoms with Crippen LogP contribution >= 0.6 is 0 Å². The van der Waals surface area contributed by atoms with Crippen LogP contribution in [-0.4, -0.2) is 53.2 Å². The second-order valence-electron chi connectivity index (χ2n) is 9.29. The van der Waals surface area contributed by atoms with Gasteiger partial charge in [-0.1, -0.05) is 65.8 Å². The topological polar surface area (TPSA) is 41.0 Å². The van der Waals surface area contributed by atoms with Crippen LogP contribution in [0.5, 0.6) is 0 Å². The molecule has 1 atom stereocenters. The molecule has 0 bridgehead atoms. The zero-order valence-corrected chi connectivity index (χ0v) is 19.8. The molecule has 0 saturated carbocycles. The molecule has 3 heterocycles. The van der Waals surface area contributed by atoms with Crippen LogP contribution in [-0.2, 0) is 4.84 Å². The van der Waals surface area contributed by atoms with Gasteiger partial charge in [-0.25, -0.2) is 0 Å². The lowest BCUT2D eigenvalue weighted by molar-refractivity contribution is 0.0856. The first-order chi connectivity index (χ1) is 16.9. The van der Waals surface area contributed by atoms with Crippen molar-refractivity contribution in [1.82, 2.24) is 14.8 Å². The molecule has 2 aliphatic rings. The quantitative estimate of drug-likeness (QED) is 0.402. The van der Waals surface area contributed by atoms with Crippen LogP contribution in [0.1, 0.15) is 54.5 Å². The summed E-state index contributed by atoms with van der Waals surface area (Å²) in [6.45, 7) is 5.62. The maximum Gasteiger partial charge on any atom is 0.158 e. The van der Waals surface area contributed by atoms with E-state index in [0.29, 0.717) is 6.04 Å². The van der Waals surface area contributed by atoms with Crippen LogP contribution in [0.25, 0.3) is 0 Å². The lowest BCUT2D eigenvalue weighted by Gasteiger charge is -2.39. The molecule has 5 nitrogen and oxygen atoms in total. The molecule has 5 rings (SSSR count). The van der Waals surface area contributed by atoms with E-state index in [4.69, 9.17) is 4.84 Å². The van der Waals surface area contributed by atoms with E-state index in [2.05, 4.69) is 80.6 Å². The number of hydrogen-bond donors (Lipinski definition) is 0. The van der Waals surface area contributed by atoms with Crippen molar-refractivity contribution in [1.29, 1.82) is 0 Å². The van der Waals surface area contributed by atoms with Gasteiger partial charge in [0.1, 0.15) is 0 Å². The maximum absolute atomic E-state index is 5.65. The number of unbranched alkanes of at least 4 members (excludes halogenated alkanes) is 1. The van der Waals surface area contributed by atoms with E-state index in [1.807, 2.05) is 24.5 Å². The van der Waals surface area contributed by atoms with Crippen LogP contribution in [0.3, 0.4) is 0 Å². The molecule has 0 N–H and O–H groups in total. The largest absolute Gasteiger partial charge is 0.387 e. The van der Waals surface area contributed by atoms with E-state index in [1.165, 1.54) is 29.7 Å². The lowest BCUT2D eigenvalue weighted by Crippen LogP contribution is -2.48. The highest BCUT2D eigenvalue weighted by Crippen LogP contribution is 2.30. The zero-order chi connectivity index (χ0) is 23.0. The molecule has 0 radical (unpaired) electrons. The first-order valence-corrected chi connectivity index (χ1v) is 12.5. The summed E-state index contributed by atoms with van der Waals surface area (Å²) in [5, 5.41) is 4.34. The molecular weight excluding hydrogens is 420 g/mol. The SMILES string of the molecule is c1ccc(C(c2ccccc2)N2CCN(CCCCC3=NOC(c4ccncc4)C3)CC2)cc1. The number of piperazine rings is 1. The number of benzene rings is 2. The van der Waals surface area contributed by atoms with Crippen LogP contribution in [0.4, 0.5) is 0 Å². The number of pyridine rings is 1. The van der Waals surface area contributed by atoms with Crippen molar-refractivity contribution in [2.75, 3.05) is 32.7 Å². The molecule has 0 amide bonds. The number of aromatic nitrogens is 1. The highest BCUT2D eigenvalue weighted by Gasteiger charge is 2.26. The van der Waals surface area contributed by atoms with E-state index in [9.17, 15) is 0 Å². The van der Waals surface area contributed by atoms with E-state index >= 15 is 0 Å². The summed E-state index contributed by atoms with van der Waals surface area (Å²) in [5.41, 5.74) is 5.12. The third kappa shape index (κ3) is 5.72. The standard InChI is InChI=1S/C29H34N4O/c1-3-9-25(10-4-1)29(26-11-5-2-6-12-26)33-21-19-32(20-22-33)18-8-7-13-27-23-28(34-31-27)24-14-16-30-17-15-24/h1-6,9-12,14-17,28-29H,7-8,13,18-23H2. The molecule has 3 aromatic rings. The fourth-order valence-corrected chi connectivity index (χ4v) is 5.13. The summed E-state index contributed by atoms with van der Waals surface area (Å²) in [5.74, 6) is 0. The van der Waals surface area contributed by atoms with Gasteiger partial charge in [-0.15, -0.1) is 0 Å². The highest BCUT2D eigenvalue weighted by molar-refractivity contribution is 5.85. The average molecular weight is 455 g/mol. The van der Waals surface area contributed by atoms with Crippen molar-refractivity contribution >= 4 is 5.71 Å². The highest BCUT2D eigenvalue weighted by atomic mass is 16.6. The Morgan fingerprint density at radius 2 is 1.44 bits per heavy atom. The molecule has 1 fully saturated rings. The third-order valence-electron chi connectivity index (χ3n) is 7.00. The minimum absolute atomic E-state index is 0.0632. The van der Waals surface area contributed by atoms with Crippen molar-refractivity contribution in [2.45, 2.75) is 37.8 Å². The van der Waals surface area contributed by atoms with Gasteiger partial charge in [0.15, 0.2) is 6.10 Å². The Morgan fingerprint density at radius 1 is 0.794 bits per heavy atom. The van der Waals surface area contributed by atoms with E-state index in [-0.39, 0.29) is 6.10 Å². The van der Waals surface area contributed by atoms with Crippen LogP contribution < -0.4 is 0 Å². The van der Waals surface area contributed by atoms with Gasteiger partial charge in [-0.05, 0) is 54.6 Å². The fraction of sp³-hybridized carbons (Fsp3) is 0.379. The number of hydrogen-bond acceptors (Lipinski definition) is 5. The molecule has 34 heavy (non-hydrogen) atoms. The van der Waals surface area contributed by atoms with E-state index < -0.39 is 0 Å². The first-order valence-electron chi connectivity index (χ1n) is 12.5. The predicted octanol–water partition coefficient (Wildman–Crippen LogP) is 5.48. The van der Waals surface area contributed by atoms with Gasteiger partial charge in [0.25, 0.3) is 0 Å². The Bertz CT molecular complexity index is 994. The fourth-order valence-electron chi connectivity index (χ4n) is 5.13. The Kier molecular flexibility index (Phi) is 7.64. The Labute approximate surface area is 203 Å². The summed E-state index contributed by atoms with van der Waals surface area (Å²) in [4.78, 5) is 15.0. The smallest absolute Gasteiger partial charge is 0.158 e. The molecule has 0 aliphatic carbocycles. The first kappa shape index (κ1) is 22.8. The van der Waals surface area contributed by atoms with Crippen LogP contribution in [0, 0.1) is 0 Å². The summed E-state index contributed by atoms with van der Waals surface area (Å²) in [6, 6.07) is 26.2. The van der Waals surface area contributed by atoms with Crippen molar-refractivity contribution < 1.29 is 4.84 Å². The minimum atomic E-state index is 0.0632. The summed E-state index contributed by atoms with van der Waals surface area (Å²) < 4.78 is 0. The summed E-state index contributed by atoms with van der Waals surface area (Å²) >= 11 is 0. The molecule has 1 saturated heterocycles. The molecular formula is C29H34N4O. The summed E-state index contributed by atoms with van der Waals surface area (Å²) in [7, 11) is 0. The number of oxime groups is 1. The Hall–Kier alpha value is -3.02. The van der Waals surface area contributed by atoms with Gasteiger partial charge >= 0.3 is 0 Å². The maximum atomic E-state index is 5.65. The van der Waals surface area contributed by atoms with Gasteiger partial charge in [0.05, 0.1) is 11.8 Å². The lowest BCUT2D eigenvalue weighted by atomic mass is 9.96. The molecule has 0 spiro atoms. The van der Waals surface area contributed by atoms with Crippen LogP contribution in [0.15, 0.2) is 90.3 Å². The zero-order valence-electron chi connectivity index (χ0n) is 19.8. The van der Waals surface area contributed by atoms with Gasteiger partial charge in [-0.2, -0.15) is 0 Å². The van der Waals surface area contributed by atoms with Crippen molar-refractivity contribution in [3.05, 3.63) is 102 Å². The molecule has 176 valence electrons. The molecule has 5 heteroatoms. The molecule has 2 aromatic carbocycles. The Balaban J connectivity index is 1.06. The number of rotatable bonds is 9. The van der Waals surface area contributed by atoms with Crippen molar-refractivity contribution in [3.63, 3.8) is 0 Å². The third-order valence-corrected chi connectivity index (χ3v) is 7.00. The summed E-state index contributed by atoms with van der Waals surface area (Å²) in [6.07, 6.45) is 8.01. The monoisotopic (exact) mass is 454 g/mol. The molecule has 1 aromatic heterocycles. The second kappa shape index (κ2) is 11.4. The van der Waals surface area contributed by atoms with E-state index in [0.717, 1.165) is 51.1 Å². The molecule has 1 unspecified atom stereocenters. The minimum Gasteiger partial charge on any atom is -0.387 e. The molecule has 2 aliphatic heterocycles. The van der Waals surface area contributed by atoms with Gasteiger partial charge in [0, 0.05) is 45.0 Å². The Morgan fingerprint density at radius 3 is 2.09 bits per heavy atom. The van der Waals surface area contributed by atoms with Crippen molar-refractivity contribution in [2.24, 2.45) is 5.16 Å². The average Bonchev–Trinajstić information content (AvgIpc) is 3.39. The van der Waals surface area contributed by atoms with Crippen molar-refractivity contribution in [3.8, 4) is 0 Å². The predicted molar refractivity (Wildman–Crippen MR) is 137 cm³/mol.